The van der Waals surface area contributed by atoms with Gasteiger partial charge in [0, 0.05) is 37.6 Å². The Morgan fingerprint density at radius 3 is 2.31 bits per heavy atom. The van der Waals surface area contributed by atoms with Gasteiger partial charge in [-0.05, 0) is 30.3 Å². The fourth-order valence-electron chi connectivity index (χ4n) is 2.91. The average Bonchev–Trinajstić information content (AvgIpc) is 2.61. The van der Waals surface area contributed by atoms with Gasteiger partial charge in [-0.2, -0.15) is 13.2 Å². The molecular formula is C18H17F4N3O. The van der Waals surface area contributed by atoms with Gasteiger partial charge in [-0.25, -0.2) is 9.18 Å². The molecule has 2 aromatic carbocycles. The third-order valence-corrected chi connectivity index (χ3v) is 4.19. The zero-order chi connectivity index (χ0) is 18.7. The number of rotatable bonds is 2. The van der Waals surface area contributed by atoms with Gasteiger partial charge in [-0.1, -0.05) is 18.2 Å². The van der Waals surface area contributed by atoms with Crippen LogP contribution in [0.2, 0.25) is 0 Å². The number of nitrogens with one attached hydrogen (secondary N) is 1. The van der Waals surface area contributed by atoms with Crippen molar-refractivity contribution in [2.45, 2.75) is 6.18 Å². The number of amides is 2. The lowest BCUT2D eigenvalue weighted by Gasteiger charge is -2.37. The van der Waals surface area contributed by atoms with Gasteiger partial charge >= 0.3 is 12.2 Å². The van der Waals surface area contributed by atoms with Crippen LogP contribution in [0.15, 0.2) is 48.5 Å². The first-order valence-corrected chi connectivity index (χ1v) is 8.07. The van der Waals surface area contributed by atoms with Crippen molar-refractivity contribution in [3.05, 3.63) is 59.9 Å². The summed E-state index contributed by atoms with van der Waals surface area (Å²) in [6.45, 7) is 1.11. The van der Waals surface area contributed by atoms with Crippen molar-refractivity contribution in [2.24, 2.45) is 0 Å². The van der Waals surface area contributed by atoms with E-state index in [-0.39, 0.29) is 31.9 Å². The predicted octanol–water partition coefficient (Wildman–Crippen LogP) is 4.20. The number of alkyl halides is 3. The fraction of sp³-hybridized carbons (Fsp3) is 0.278. The molecule has 0 spiro atoms. The van der Waals surface area contributed by atoms with Crippen molar-refractivity contribution in [3.63, 3.8) is 0 Å². The van der Waals surface area contributed by atoms with E-state index in [2.05, 4.69) is 5.32 Å². The van der Waals surface area contributed by atoms with Gasteiger partial charge in [0.2, 0.25) is 0 Å². The lowest BCUT2D eigenvalue weighted by atomic mass is 10.1. The van der Waals surface area contributed by atoms with E-state index in [1.54, 1.807) is 17.0 Å². The van der Waals surface area contributed by atoms with Crippen LogP contribution >= 0.6 is 0 Å². The van der Waals surface area contributed by atoms with Crippen LogP contribution in [0.25, 0.3) is 0 Å². The Morgan fingerprint density at radius 2 is 1.65 bits per heavy atom. The van der Waals surface area contributed by atoms with Gasteiger partial charge in [-0.3, -0.25) is 0 Å². The van der Waals surface area contributed by atoms with Crippen molar-refractivity contribution < 1.29 is 22.4 Å². The molecule has 3 rings (SSSR count). The number of nitrogens with zero attached hydrogens (tertiary/aromatic N) is 2. The van der Waals surface area contributed by atoms with E-state index in [0.29, 0.717) is 5.69 Å². The second-order valence-corrected chi connectivity index (χ2v) is 5.93. The van der Waals surface area contributed by atoms with E-state index in [1.165, 1.54) is 35.2 Å². The smallest absolute Gasteiger partial charge is 0.367 e. The van der Waals surface area contributed by atoms with Crippen molar-refractivity contribution in [2.75, 3.05) is 36.4 Å². The molecule has 0 saturated carbocycles. The summed E-state index contributed by atoms with van der Waals surface area (Å²) in [7, 11) is 0. The Morgan fingerprint density at radius 1 is 0.962 bits per heavy atom. The van der Waals surface area contributed by atoms with E-state index in [9.17, 15) is 22.4 Å². The summed E-state index contributed by atoms with van der Waals surface area (Å²) >= 11 is 0. The molecule has 138 valence electrons. The average molecular weight is 367 g/mol. The molecule has 0 bridgehead atoms. The summed E-state index contributed by atoms with van der Waals surface area (Å²) in [5.41, 5.74) is -0.234. The standard InChI is InChI=1S/C18H17F4N3O/c19-13-4-3-5-14(12-13)23-17(26)25-10-8-24(9-11-25)16-7-2-1-6-15(16)18(20,21)22/h1-7,12H,8-11H2,(H,23,26). The van der Waals surface area contributed by atoms with Crippen LogP contribution in [0.3, 0.4) is 0 Å². The highest BCUT2D eigenvalue weighted by molar-refractivity contribution is 5.89. The Kier molecular flexibility index (Phi) is 5.01. The van der Waals surface area contributed by atoms with Gasteiger partial charge in [-0.15, -0.1) is 0 Å². The summed E-state index contributed by atoms with van der Waals surface area (Å²) in [5.74, 6) is -0.462. The maximum atomic E-state index is 13.2. The lowest BCUT2D eigenvalue weighted by molar-refractivity contribution is -0.137. The number of carbonyl (C=O) groups excluding carboxylic acids is 1. The first kappa shape index (κ1) is 18.0. The maximum Gasteiger partial charge on any atom is 0.418 e. The van der Waals surface area contributed by atoms with Crippen LogP contribution < -0.4 is 10.2 Å². The molecule has 4 nitrogen and oxygen atoms in total. The molecule has 0 aromatic heterocycles. The van der Waals surface area contributed by atoms with Crippen LogP contribution in [0.5, 0.6) is 0 Å². The van der Waals surface area contributed by atoms with Crippen LogP contribution in [0.4, 0.5) is 33.7 Å². The van der Waals surface area contributed by atoms with Gasteiger partial charge in [0.25, 0.3) is 0 Å². The third kappa shape index (κ3) is 4.07. The zero-order valence-electron chi connectivity index (χ0n) is 13.8. The highest BCUT2D eigenvalue weighted by Crippen LogP contribution is 2.36. The van der Waals surface area contributed by atoms with Crippen LogP contribution in [-0.4, -0.2) is 37.1 Å². The molecule has 0 atom stereocenters. The largest absolute Gasteiger partial charge is 0.418 e. The minimum Gasteiger partial charge on any atom is -0.367 e. The first-order valence-electron chi connectivity index (χ1n) is 8.07. The summed E-state index contributed by atoms with van der Waals surface area (Å²) in [4.78, 5) is 15.4. The van der Waals surface area contributed by atoms with Crippen molar-refractivity contribution in [1.82, 2.24) is 4.90 Å². The number of carbonyl (C=O) groups is 1. The van der Waals surface area contributed by atoms with E-state index in [4.69, 9.17) is 0 Å². The number of para-hydroxylation sites is 1. The molecular weight excluding hydrogens is 350 g/mol. The number of hydrogen-bond donors (Lipinski definition) is 1. The molecule has 0 unspecified atom stereocenters. The molecule has 0 aliphatic carbocycles. The number of urea groups is 1. The van der Waals surface area contributed by atoms with Gasteiger partial charge < -0.3 is 15.1 Å². The van der Waals surface area contributed by atoms with Crippen molar-refractivity contribution in [3.8, 4) is 0 Å². The third-order valence-electron chi connectivity index (χ3n) is 4.19. The lowest BCUT2D eigenvalue weighted by Crippen LogP contribution is -2.50. The van der Waals surface area contributed by atoms with E-state index >= 15 is 0 Å². The highest BCUT2D eigenvalue weighted by atomic mass is 19.4. The zero-order valence-corrected chi connectivity index (χ0v) is 13.8. The molecule has 1 N–H and O–H groups in total. The summed E-state index contributed by atoms with van der Waals surface area (Å²) in [6, 6.07) is 10.5. The van der Waals surface area contributed by atoms with Crippen molar-refractivity contribution in [1.29, 1.82) is 0 Å². The van der Waals surface area contributed by atoms with Crippen molar-refractivity contribution >= 4 is 17.4 Å². The maximum absolute atomic E-state index is 13.2. The topological polar surface area (TPSA) is 35.6 Å². The van der Waals surface area contributed by atoms with E-state index in [1.807, 2.05) is 0 Å². The molecule has 1 saturated heterocycles. The minimum atomic E-state index is -4.43. The van der Waals surface area contributed by atoms with Crippen LogP contribution in [0, 0.1) is 5.82 Å². The monoisotopic (exact) mass is 367 g/mol. The van der Waals surface area contributed by atoms with Crippen LogP contribution in [-0.2, 0) is 6.18 Å². The SMILES string of the molecule is O=C(Nc1cccc(F)c1)N1CCN(c2ccccc2C(F)(F)F)CC1. The Hall–Kier alpha value is -2.77. The molecule has 2 amide bonds. The normalized spacial score (nSPS) is 15.1. The van der Waals surface area contributed by atoms with Gasteiger partial charge in [0.1, 0.15) is 5.82 Å². The fourth-order valence-corrected chi connectivity index (χ4v) is 2.91. The molecule has 26 heavy (non-hydrogen) atoms. The molecule has 1 fully saturated rings. The molecule has 2 aromatic rings. The number of halogens is 4. The summed E-state index contributed by atoms with van der Waals surface area (Å²) in [6.07, 6.45) is -4.43. The quantitative estimate of drug-likeness (QED) is 0.808. The second-order valence-electron chi connectivity index (χ2n) is 5.93. The van der Waals surface area contributed by atoms with E-state index in [0.717, 1.165) is 6.07 Å². The van der Waals surface area contributed by atoms with E-state index < -0.39 is 23.6 Å². The number of benzene rings is 2. The Bertz CT molecular complexity index is 786. The summed E-state index contributed by atoms with van der Waals surface area (Å²) < 4.78 is 52.6. The molecule has 1 aliphatic rings. The highest BCUT2D eigenvalue weighted by Gasteiger charge is 2.35. The summed E-state index contributed by atoms with van der Waals surface area (Å²) in [5, 5.41) is 2.59. The molecule has 1 heterocycles. The second kappa shape index (κ2) is 7.23. The molecule has 1 aliphatic heterocycles. The van der Waals surface area contributed by atoms with Crippen LogP contribution in [0.1, 0.15) is 5.56 Å². The number of anilines is 2. The predicted molar refractivity (Wildman–Crippen MR) is 90.6 cm³/mol. The molecule has 8 heteroatoms. The number of hydrogen-bond acceptors (Lipinski definition) is 2. The van der Waals surface area contributed by atoms with Gasteiger partial charge in [0.15, 0.2) is 0 Å². The Labute approximate surface area is 148 Å². The van der Waals surface area contributed by atoms with Gasteiger partial charge in [0.05, 0.1) is 5.56 Å². The Balaban J connectivity index is 1.64. The molecule has 0 radical (unpaired) electrons. The minimum absolute atomic E-state index is 0.116. The number of piperazine rings is 1. The first-order chi connectivity index (χ1) is 12.3.